The molecule has 3 rings (SSSR count). The fourth-order valence-corrected chi connectivity index (χ4v) is 2.67. The third-order valence-electron chi connectivity index (χ3n) is 4.09. The van der Waals surface area contributed by atoms with E-state index in [1.165, 1.54) is 0 Å². The number of hydrogen-bond donors (Lipinski definition) is 1. The highest BCUT2D eigenvalue weighted by Gasteiger charge is 2.18. The van der Waals surface area contributed by atoms with Crippen LogP contribution in [0.1, 0.15) is 17.5 Å². The van der Waals surface area contributed by atoms with E-state index in [-0.39, 0.29) is 13.0 Å². The molecule has 25 heavy (non-hydrogen) atoms. The summed E-state index contributed by atoms with van der Waals surface area (Å²) in [5.74, 6) is -0.634. The van der Waals surface area contributed by atoms with Crippen LogP contribution < -0.4 is 0 Å². The molecule has 3 aromatic rings. The van der Waals surface area contributed by atoms with Gasteiger partial charge in [0.1, 0.15) is 6.61 Å². The number of ether oxygens (including phenoxy) is 1. The molecule has 1 N–H and O–H groups in total. The van der Waals surface area contributed by atoms with Gasteiger partial charge in [-0.3, -0.25) is 0 Å². The van der Waals surface area contributed by atoms with Crippen molar-refractivity contribution in [1.82, 2.24) is 0 Å². The molecule has 0 aliphatic heterocycles. The molecule has 0 amide bonds. The molecule has 1 atom stereocenters. The Morgan fingerprint density at radius 2 is 1.64 bits per heavy atom. The third-order valence-corrected chi connectivity index (χ3v) is 4.09. The van der Waals surface area contributed by atoms with E-state index in [2.05, 4.69) is 6.58 Å². The van der Waals surface area contributed by atoms with Crippen LogP contribution in [0.2, 0.25) is 0 Å². The van der Waals surface area contributed by atoms with Crippen LogP contribution in [-0.2, 0) is 16.1 Å². The van der Waals surface area contributed by atoms with E-state index in [1.807, 2.05) is 72.8 Å². The van der Waals surface area contributed by atoms with Crippen molar-refractivity contribution < 1.29 is 14.6 Å². The Balaban J connectivity index is 1.59. The van der Waals surface area contributed by atoms with Gasteiger partial charge in [-0.2, -0.15) is 0 Å². The van der Waals surface area contributed by atoms with E-state index in [1.54, 1.807) is 0 Å². The molecule has 0 radical (unpaired) electrons. The smallest absolute Gasteiger partial charge is 0.335 e. The maximum absolute atomic E-state index is 12.0. The van der Waals surface area contributed by atoms with Crippen molar-refractivity contribution in [3.63, 3.8) is 0 Å². The van der Waals surface area contributed by atoms with Gasteiger partial charge in [0.05, 0.1) is 0 Å². The molecule has 0 spiro atoms. The van der Waals surface area contributed by atoms with Crippen molar-refractivity contribution >= 4 is 22.3 Å². The molecule has 3 heteroatoms. The number of carbonyl (C=O) groups is 1. The van der Waals surface area contributed by atoms with E-state index in [4.69, 9.17) is 4.74 Å². The SMILES string of the molecule is C=C(C[C@H](O)C(=O)OCc1ccccc1)c1ccc2ccccc2c1. The van der Waals surface area contributed by atoms with Crippen molar-refractivity contribution in [3.8, 4) is 0 Å². The van der Waals surface area contributed by atoms with Crippen LogP contribution in [0.5, 0.6) is 0 Å². The minimum absolute atomic E-state index is 0.145. The predicted molar refractivity (Wildman–Crippen MR) is 99.8 cm³/mol. The van der Waals surface area contributed by atoms with Gasteiger partial charge in [-0.25, -0.2) is 4.79 Å². The van der Waals surface area contributed by atoms with Gasteiger partial charge >= 0.3 is 5.97 Å². The van der Waals surface area contributed by atoms with Gasteiger partial charge in [0.15, 0.2) is 6.10 Å². The first-order valence-corrected chi connectivity index (χ1v) is 8.19. The summed E-state index contributed by atoms with van der Waals surface area (Å²) in [7, 11) is 0. The number of benzene rings is 3. The molecule has 0 aliphatic rings. The third kappa shape index (κ3) is 4.34. The topological polar surface area (TPSA) is 46.5 Å². The van der Waals surface area contributed by atoms with E-state index in [9.17, 15) is 9.90 Å². The lowest BCUT2D eigenvalue weighted by molar-refractivity contribution is -0.154. The van der Waals surface area contributed by atoms with Crippen LogP contribution in [0.25, 0.3) is 16.3 Å². The van der Waals surface area contributed by atoms with Crippen molar-refractivity contribution in [2.45, 2.75) is 19.1 Å². The number of fused-ring (bicyclic) bond motifs is 1. The number of rotatable bonds is 6. The molecule has 0 saturated heterocycles. The first kappa shape index (κ1) is 16.9. The van der Waals surface area contributed by atoms with Gasteiger partial charge in [-0.1, -0.05) is 73.3 Å². The minimum atomic E-state index is -1.22. The van der Waals surface area contributed by atoms with Crippen molar-refractivity contribution in [1.29, 1.82) is 0 Å². The summed E-state index contributed by atoms with van der Waals surface area (Å²) in [4.78, 5) is 12.0. The first-order valence-electron chi connectivity index (χ1n) is 8.19. The zero-order chi connectivity index (χ0) is 17.6. The highest BCUT2D eigenvalue weighted by atomic mass is 16.5. The minimum Gasteiger partial charge on any atom is -0.459 e. The van der Waals surface area contributed by atoms with E-state index < -0.39 is 12.1 Å². The summed E-state index contributed by atoms with van der Waals surface area (Å²) in [6.07, 6.45) is -1.07. The van der Waals surface area contributed by atoms with Crippen LogP contribution in [0, 0.1) is 0 Å². The number of hydrogen-bond acceptors (Lipinski definition) is 3. The highest BCUT2D eigenvalue weighted by Crippen LogP contribution is 2.23. The fourth-order valence-electron chi connectivity index (χ4n) is 2.67. The molecule has 3 nitrogen and oxygen atoms in total. The van der Waals surface area contributed by atoms with E-state index in [0.29, 0.717) is 5.57 Å². The molecular formula is C22H20O3. The maximum Gasteiger partial charge on any atom is 0.335 e. The molecule has 0 aromatic heterocycles. The monoisotopic (exact) mass is 332 g/mol. The Labute approximate surface area is 147 Å². The summed E-state index contributed by atoms with van der Waals surface area (Å²) in [6, 6.07) is 23.4. The number of aliphatic hydroxyl groups excluding tert-OH is 1. The quantitative estimate of drug-likeness (QED) is 0.683. The maximum atomic E-state index is 12.0. The molecule has 0 fully saturated rings. The van der Waals surface area contributed by atoms with Crippen LogP contribution in [-0.4, -0.2) is 17.2 Å². The standard InChI is InChI=1S/C22H20O3/c1-16(19-12-11-18-9-5-6-10-20(18)14-19)13-21(23)22(24)25-15-17-7-3-2-4-8-17/h2-12,14,21,23H,1,13,15H2/t21-/m0/s1. The van der Waals surface area contributed by atoms with Crippen LogP contribution in [0.15, 0.2) is 79.4 Å². The molecule has 0 heterocycles. The number of aliphatic hydroxyl groups is 1. The molecule has 3 aromatic carbocycles. The van der Waals surface area contributed by atoms with Gasteiger partial charge in [-0.15, -0.1) is 0 Å². The van der Waals surface area contributed by atoms with Gasteiger partial charge < -0.3 is 9.84 Å². The lowest BCUT2D eigenvalue weighted by Gasteiger charge is -2.13. The summed E-state index contributed by atoms with van der Waals surface area (Å²) in [5, 5.41) is 12.3. The van der Waals surface area contributed by atoms with Crippen molar-refractivity contribution in [2.24, 2.45) is 0 Å². The molecule has 0 aliphatic carbocycles. The Bertz CT molecular complexity index is 884. The molecule has 0 saturated carbocycles. The Kier molecular flexibility index (Phi) is 5.26. The Morgan fingerprint density at radius 3 is 2.40 bits per heavy atom. The molecular weight excluding hydrogens is 312 g/mol. The fraction of sp³-hybridized carbons (Fsp3) is 0.136. The zero-order valence-corrected chi connectivity index (χ0v) is 13.9. The van der Waals surface area contributed by atoms with Crippen LogP contribution in [0.3, 0.4) is 0 Å². The second-order valence-corrected chi connectivity index (χ2v) is 5.98. The first-order chi connectivity index (χ1) is 12.1. The average molecular weight is 332 g/mol. The predicted octanol–water partition coefficient (Wildman–Crippen LogP) is 4.35. The molecule has 0 unspecified atom stereocenters. The summed E-state index contributed by atoms with van der Waals surface area (Å²) in [5.41, 5.74) is 2.50. The second-order valence-electron chi connectivity index (χ2n) is 5.98. The van der Waals surface area contributed by atoms with Gasteiger partial charge in [0.2, 0.25) is 0 Å². The van der Waals surface area contributed by atoms with Gasteiger partial charge in [0.25, 0.3) is 0 Å². The van der Waals surface area contributed by atoms with E-state index >= 15 is 0 Å². The highest BCUT2D eigenvalue weighted by molar-refractivity contribution is 5.86. The number of esters is 1. The lowest BCUT2D eigenvalue weighted by atomic mass is 9.98. The Morgan fingerprint density at radius 1 is 0.960 bits per heavy atom. The summed E-state index contributed by atoms with van der Waals surface area (Å²) >= 11 is 0. The molecule has 0 bridgehead atoms. The van der Waals surface area contributed by atoms with Gasteiger partial charge in [0, 0.05) is 6.42 Å². The zero-order valence-electron chi connectivity index (χ0n) is 13.9. The lowest BCUT2D eigenvalue weighted by Crippen LogP contribution is -2.23. The van der Waals surface area contributed by atoms with Crippen LogP contribution >= 0.6 is 0 Å². The number of carbonyl (C=O) groups excluding carboxylic acids is 1. The second kappa shape index (κ2) is 7.77. The van der Waals surface area contributed by atoms with E-state index in [0.717, 1.165) is 21.9 Å². The summed E-state index contributed by atoms with van der Waals surface area (Å²) in [6.45, 7) is 4.16. The summed E-state index contributed by atoms with van der Waals surface area (Å²) < 4.78 is 5.17. The average Bonchev–Trinajstić information content (AvgIpc) is 2.66. The largest absolute Gasteiger partial charge is 0.459 e. The van der Waals surface area contributed by atoms with Crippen molar-refractivity contribution in [3.05, 3.63) is 90.5 Å². The Hall–Kier alpha value is -2.91. The normalized spacial score (nSPS) is 11.9. The van der Waals surface area contributed by atoms with Gasteiger partial charge in [-0.05, 0) is 33.5 Å². The van der Waals surface area contributed by atoms with Crippen LogP contribution in [0.4, 0.5) is 0 Å². The van der Waals surface area contributed by atoms with Crippen molar-refractivity contribution in [2.75, 3.05) is 0 Å². The molecule has 126 valence electrons.